The van der Waals surface area contributed by atoms with E-state index in [-0.39, 0.29) is 0 Å². The highest BCUT2D eigenvalue weighted by Crippen LogP contribution is 2.37. The minimum Gasteiger partial charge on any atom is -0.198 e. The van der Waals surface area contributed by atoms with Crippen LogP contribution in [0.25, 0.3) is 0 Å². The summed E-state index contributed by atoms with van der Waals surface area (Å²) in [6.07, 6.45) is 3.71. The summed E-state index contributed by atoms with van der Waals surface area (Å²) in [6.45, 7) is 6.75. The molecule has 1 rings (SSSR count). The molecule has 0 radical (unpaired) electrons. The van der Waals surface area contributed by atoms with Crippen LogP contribution in [0.5, 0.6) is 0 Å². The minimum absolute atomic E-state index is 0.328. The predicted molar refractivity (Wildman–Crippen MR) is 50.4 cm³/mol. The van der Waals surface area contributed by atoms with Gasteiger partial charge in [0.15, 0.2) is 0 Å². The van der Waals surface area contributed by atoms with Crippen molar-refractivity contribution in [3.8, 4) is 6.07 Å². The zero-order valence-corrected chi connectivity index (χ0v) is 8.38. The van der Waals surface area contributed by atoms with E-state index in [1.807, 2.05) is 0 Å². The number of hydrogen-bond acceptors (Lipinski definition) is 1. The molecular weight excluding hydrogens is 146 g/mol. The normalized spacial score (nSPS) is 36.4. The van der Waals surface area contributed by atoms with Gasteiger partial charge < -0.3 is 0 Å². The van der Waals surface area contributed by atoms with Crippen LogP contribution in [0, 0.1) is 35.0 Å². The highest BCUT2D eigenvalue weighted by molar-refractivity contribution is 4.93. The first kappa shape index (κ1) is 9.58. The highest BCUT2D eigenvalue weighted by atomic mass is 14.4. The van der Waals surface area contributed by atoms with E-state index in [1.165, 1.54) is 12.8 Å². The Morgan fingerprint density at radius 2 is 2.00 bits per heavy atom. The first-order valence-corrected chi connectivity index (χ1v) is 5.04. The Morgan fingerprint density at radius 3 is 2.50 bits per heavy atom. The minimum atomic E-state index is 0.328. The predicted octanol–water partition coefficient (Wildman–Crippen LogP) is 3.22. The van der Waals surface area contributed by atoms with E-state index in [0.29, 0.717) is 17.8 Å². The maximum atomic E-state index is 8.98. The van der Waals surface area contributed by atoms with Gasteiger partial charge in [0.2, 0.25) is 0 Å². The number of nitrogens with zero attached hydrogens (tertiary/aromatic N) is 1. The van der Waals surface area contributed by atoms with Crippen molar-refractivity contribution in [3.63, 3.8) is 0 Å². The highest BCUT2D eigenvalue weighted by Gasteiger charge is 2.30. The average molecular weight is 165 g/mol. The fourth-order valence-corrected chi connectivity index (χ4v) is 2.35. The first-order valence-electron chi connectivity index (χ1n) is 5.04. The van der Waals surface area contributed by atoms with E-state index in [0.717, 1.165) is 12.3 Å². The van der Waals surface area contributed by atoms with Gasteiger partial charge in [-0.1, -0.05) is 27.2 Å². The third kappa shape index (κ3) is 2.00. The van der Waals surface area contributed by atoms with Crippen molar-refractivity contribution in [2.75, 3.05) is 0 Å². The molecule has 0 aromatic carbocycles. The molecule has 1 aliphatic rings. The first-order chi connectivity index (χ1) is 5.65. The molecule has 0 aromatic heterocycles. The number of nitriles is 1. The lowest BCUT2D eigenvalue weighted by atomic mass is 9.71. The molecule has 1 heteroatoms. The zero-order valence-electron chi connectivity index (χ0n) is 8.38. The van der Waals surface area contributed by atoms with E-state index in [9.17, 15) is 0 Å². The third-order valence-electron chi connectivity index (χ3n) is 3.19. The molecule has 0 saturated heterocycles. The molecule has 1 fully saturated rings. The van der Waals surface area contributed by atoms with Crippen molar-refractivity contribution in [1.82, 2.24) is 0 Å². The second kappa shape index (κ2) is 3.94. The van der Waals surface area contributed by atoms with Gasteiger partial charge >= 0.3 is 0 Å². The van der Waals surface area contributed by atoms with Crippen molar-refractivity contribution < 1.29 is 0 Å². The van der Waals surface area contributed by atoms with E-state index in [4.69, 9.17) is 5.26 Å². The smallest absolute Gasteiger partial charge is 0.0658 e. The van der Waals surface area contributed by atoms with Crippen LogP contribution < -0.4 is 0 Å². The summed E-state index contributed by atoms with van der Waals surface area (Å²) in [6, 6.07) is 2.47. The molecular formula is C11H19N. The largest absolute Gasteiger partial charge is 0.198 e. The van der Waals surface area contributed by atoms with Gasteiger partial charge in [0.05, 0.1) is 6.07 Å². The Labute approximate surface area is 75.8 Å². The Balaban J connectivity index is 2.58. The molecule has 0 aliphatic heterocycles. The molecule has 2 unspecified atom stereocenters. The molecule has 68 valence electrons. The van der Waals surface area contributed by atoms with Crippen molar-refractivity contribution in [3.05, 3.63) is 0 Å². The molecule has 0 bridgehead atoms. The standard InChI is InChI=1S/C11H19N/c1-8(2)11-5-4-9(3)6-10(11)7-12/h8-11H,4-6H2,1-3H3/t9-,10?,11?/m0/s1. The monoisotopic (exact) mass is 165 g/mol. The van der Waals surface area contributed by atoms with Crippen LogP contribution in [0.1, 0.15) is 40.0 Å². The maximum absolute atomic E-state index is 8.98. The average Bonchev–Trinajstić information content (AvgIpc) is 2.03. The van der Waals surface area contributed by atoms with Gasteiger partial charge in [0.25, 0.3) is 0 Å². The van der Waals surface area contributed by atoms with Gasteiger partial charge in [0.1, 0.15) is 0 Å². The number of hydrogen-bond donors (Lipinski definition) is 0. The molecule has 0 amide bonds. The third-order valence-corrected chi connectivity index (χ3v) is 3.19. The maximum Gasteiger partial charge on any atom is 0.0658 e. The van der Waals surface area contributed by atoms with Crippen molar-refractivity contribution >= 4 is 0 Å². The summed E-state index contributed by atoms with van der Waals surface area (Å²) in [5.74, 6) is 2.44. The van der Waals surface area contributed by atoms with Crippen LogP contribution in [0.2, 0.25) is 0 Å². The Morgan fingerprint density at radius 1 is 1.33 bits per heavy atom. The van der Waals surface area contributed by atoms with Crippen LogP contribution in [0.3, 0.4) is 0 Å². The van der Waals surface area contributed by atoms with E-state index >= 15 is 0 Å². The van der Waals surface area contributed by atoms with E-state index in [2.05, 4.69) is 26.8 Å². The van der Waals surface area contributed by atoms with Crippen LogP contribution >= 0.6 is 0 Å². The molecule has 1 aliphatic carbocycles. The van der Waals surface area contributed by atoms with Crippen LogP contribution in [0.15, 0.2) is 0 Å². The lowest BCUT2D eigenvalue weighted by Gasteiger charge is -2.33. The lowest BCUT2D eigenvalue weighted by Crippen LogP contribution is -2.26. The quantitative estimate of drug-likeness (QED) is 0.585. The summed E-state index contributed by atoms with van der Waals surface area (Å²) in [5.41, 5.74) is 0. The van der Waals surface area contributed by atoms with Crippen molar-refractivity contribution in [2.24, 2.45) is 23.7 Å². The van der Waals surface area contributed by atoms with Crippen LogP contribution in [0.4, 0.5) is 0 Å². The lowest BCUT2D eigenvalue weighted by molar-refractivity contribution is 0.183. The summed E-state index contributed by atoms with van der Waals surface area (Å²) in [4.78, 5) is 0. The molecule has 0 heterocycles. The van der Waals surface area contributed by atoms with Gasteiger partial charge in [-0.2, -0.15) is 5.26 Å². The van der Waals surface area contributed by atoms with Crippen molar-refractivity contribution in [2.45, 2.75) is 40.0 Å². The summed E-state index contributed by atoms with van der Waals surface area (Å²) in [7, 11) is 0. The van der Waals surface area contributed by atoms with Crippen molar-refractivity contribution in [1.29, 1.82) is 5.26 Å². The van der Waals surface area contributed by atoms with Gasteiger partial charge in [0, 0.05) is 5.92 Å². The molecule has 0 N–H and O–H groups in total. The van der Waals surface area contributed by atoms with Gasteiger partial charge in [-0.15, -0.1) is 0 Å². The van der Waals surface area contributed by atoms with Crippen LogP contribution in [-0.2, 0) is 0 Å². The summed E-state index contributed by atoms with van der Waals surface area (Å²) >= 11 is 0. The molecule has 12 heavy (non-hydrogen) atoms. The van der Waals surface area contributed by atoms with Gasteiger partial charge in [-0.05, 0) is 30.6 Å². The second-order valence-corrected chi connectivity index (χ2v) is 4.56. The fourth-order valence-electron chi connectivity index (χ4n) is 2.35. The Kier molecular flexibility index (Phi) is 3.14. The second-order valence-electron chi connectivity index (χ2n) is 4.56. The fraction of sp³-hybridized carbons (Fsp3) is 0.909. The Hall–Kier alpha value is -0.510. The SMILES string of the molecule is CC(C)C1CC[C@H](C)CC1C#N. The molecule has 1 nitrogen and oxygen atoms in total. The summed E-state index contributed by atoms with van der Waals surface area (Å²) in [5, 5.41) is 8.98. The van der Waals surface area contributed by atoms with Gasteiger partial charge in [-0.25, -0.2) is 0 Å². The molecule has 0 aromatic rings. The van der Waals surface area contributed by atoms with Crippen LogP contribution in [-0.4, -0.2) is 0 Å². The molecule has 3 atom stereocenters. The Bertz CT molecular complexity index is 178. The van der Waals surface area contributed by atoms with E-state index < -0.39 is 0 Å². The topological polar surface area (TPSA) is 23.8 Å². The summed E-state index contributed by atoms with van der Waals surface area (Å²) < 4.78 is 0. The zero-order chi connectivity index (χ0) is 9.14. The van der Waals surface area contributed by atoms with E-state index in [1.54, 1.807) is 0 Å². The van der Waals surface area contributed by atoms with Gasteiger partial charge in [-0.3, -0.25) is 0 Å². The number of rotatable bonds is 1. The molecule has 1 saturated carbocycles. The molecule has 0 spiro atoms.